The minimum Gasteiger partial charge on any atom is -0.360 e. The number of hydrogen-bond acceptors (Lipinski definition) is 2. The number of hydrogen-bond donors (Lipinski definition) is 1. The van der Waals surface area contributed by atoms with Crippen LogP contribution in [0.5, 0.6) is 0 Å². The minimum absolute atomic E-state index is 0.204. The second-order valence-corrected chi connectivity index (χ2v) is 5.48. The molecule has 0 aromatic heterocycles. The highest BCUT2D eigenvalue weighted by Gasteiger charge is 2.26. The Morgan fingerprint density at radius 3 is 2.74 bits per heavy atom. The van der Waals surface area contributed by atoms with E-state index in [1.54, 1.807) is 13.0 Å². The molecule has 102 valence electrons. The minimum atomic E-state index is -0.205. The molecular weight excluding hydrogens is 239 g/mol. The number of benzene rings is 1. The van der Waals surface area contributed by atoms with Gasteiger partial charge in [0.25, 0.3) is 0 Å². The molecule has 2 N–H and O–H groups in total. The molecule has 19 heavy (non-hydrogen) atoms. The van der Waals surface area contributed by atoms with Gasteiger partial charge in [0.1, 0.15) is 5.82 Å². The van der Waals surface area contributed by atoms with E-state index in [-0.39, 0.29) is 11.9 Å². The molecule has 1 aromatic rings. The SMILES string of the molecule is C#CCN(CC1CC1)c1cc(C)c(F)cc1[C@@H](C)N. The third-order valence-electron chi connectivity index (χ3n) is 3.60. The van der Waals surface area contributed by atoms with Gasteiger partial charge in [-0.25, -0.2) is 4.39 Å². The molecule has 1 aromatic carbocycles. The Morgan fingerprint density at radius 1 is 1.53 bits per heavy atom. The van der Waals surface area contributed by atoms with Gasteiger partial charge in [0.2, 0.25) is 0 Å². The van der Waals surface area contributed by atoms with Crippen LogP contribution in [0.3, 0.4) is 0 Å². The molecule has 0 heterocycles. The maximum absolute atomic E-state index is 13.7. The fourth-order valence-corrected chi connectivity index (χ4v) is 2.29. The molecule has 1 aliphatic carbocycles. The molecule has 1 aliphatic rings. The van der Waals surface area contributed by atoms with Crippen LogP contribution in [0.15, 0.2) is 12.1 Å². The summed E-state index contributed by atoms with van der Waals surface area (Å²) in [4.78, 5) is 2.16. The van der Waals surface area contributed by atoms with Crippen LogP contribution in [0, 0.1) is 31.0 Å². The second kappa shape index (κ2) is 5.63. The summed E-state index contributed by atoms with van der Waals surface area (Å²) >= 11 is 0. The molecule has 2 rings (SSSR count). The Balaban J connectivity index is 2.38. The van der Waals surface area contributed by atoms with Crippen LogP contribution in [0.2, 0.25) is 0 Å². The number of terminal acetylenes is 1. The third kappa shape index (κ3) is 3.27. The summed E-state index contributed by atoms with van der Waals surface area (Å²) in [6.07, 6.45) is 7.98. The zero-order chi connectivity index (χ0) is 14.0. The average Bonchev–Trinajstić information content (AvgIpc) is 3.15. The number of nitrogens with two attached hydrogens (primary N) is 1. The van der Waals surface area contributed by atoms with E-state index in [2.05, 4.69) is 10.8 Å². The van der Waals surface area contributed by atoms with Crippen LogP contribution in [-0.4, -0.2) is 13.1 Å². The average molecular weight is 260 g/mol. The number of rotatable bonds is 5. The maximum Gasteiger partial charge on any atom is 0.126 e. The van der Waals surface area contributed by atoms with Crippen LogP contribution >= 0.6 is 0 Å². The summed E-state index contributed by atoms with van der Waals surface area (Å²) < 4.78 is 13.7. The van der Waals surface area contributed by atoms with Gasteiger partial charge in [0.15, 0.2) is 0 Å². The third-order valence-corrected chi connectivity index (χ3v) is 3.60. The standard InChI is InChI=1S/C16H21FN2/c1-4-7-19(10-13-5-6-13)16-8-11(2)15(17)9-14(16)12(3)18/h1,8-9,12-13H,5-7,10,18H2,2-3H3/t12-/m1/s1. The van der Waals surface area contributed by atoms with Crippen molar-refractivity contribution in [3.8, 4) is 12.3 Å². The van der Waals surface area contributed by atoms with Crippen LogP contribution in [0.1, 0.15) is 36.9 Å². The Morgan fingerprint density at radius 2 is 2.21 bits per heavy atom. The topological polar surface area (TPSA) is 29.3 Å². The monoisotopic (exact) mass is 260 g/mol. The molecular formula is C16H21FN2. The van der Waals surface area contributed by atoms with Gasteiger partial charge in [0.05, 0.1) is 6.54 Å². The van der Waals surface area contributed by atoms with Crippen molar-refractivity contribution in [1.82, 2.24) is 0 Å². The highest BCUT2D eigenvalue weighted by atomic mass is 19.1. The van der Waals surface area contributed by atoms with Crippen molar-refractivity contribution >= 4 is 5.69 Å². The van der Waals surface area contributed by atoms with E-state index in [9.17, 15) is 4.39 Å². The van der Waals surface area contributed by atoms with Gasteiger partial charge < -0.3 is 10.6 Å². The summed E-state index contributed by atoms with van der Waals surface area (Å²) in [5, 5.41) is 0. The maximum atomic E-state index is 13.7. The van der Waals surface area contributed by atoms with Gasteiger partial charge in [-0.15, -0.1) is 6.42 Å². The molecule has 1 fully saturated rings. The zero-order valence-electron chi connectivity index (χ0n) is 11.6. The first-order valence-corrected chi connectivity index (χ1v) is 6.77. The largest absolute Gasteiger partial charge is 0.360 e. The fraction of sp³-hybridized carbons (Fsp3) is 0.500. The molecule has 1 atom stereocenters. The van der Waals surface area contributed by atoms with Crippen molar-refractivity contribution in [2.75, 3.05) is 18.0 Å². The summed E-state index contributed by atoms with van der Waals surface area (Å²) in [6, 6.07) is 3.21. The summed E-state index contributed by atoms with van der Waals surface area (Å²) in [6.45, 7) is 5.13. The lowest BCUT2D eigenvalue weighted by Crippen LogP contribution is -2.28. The molecule has 0 spiro atoms. The number of anilines is 1. The summed E-state index contributed by atoms with van der Waals surface area (Å²) in [7, 11) is 0. The molecule has 0 unspecified atom stereocenters. The molecule has 2 nitrogen and oxygen atoms in total. The second-order valence-electron chi connectivity index (χ2n) is 5.48. The molecule has 0 amide bonds. The molecule has 3 heteroatoms. The van der Waals surface area contributed by atoms with Crippen molar-refractivity contribution in [2.24, 2.45) is 11.7 Å². The molecule has 0 aliphatic heterocycles. The van der Waals surface area contributed by atoms with E-state index in [1.807, 2.05) is 13.0 Å². The van der Waals surface area contributed by atoms with Gasteiger partial charge >= 0.3 is 0 Å². The first-order valence-electron chi connectivity index (χ1n) is 6.77. The van der Waals surface area contributed by atoms with E-state index in [0.29, 0.717) is 12.1 Å². The Kier molecular flexibility index (Phi) is 4.11. The normalized spacial score (nSPS) is 15.9. The zero-order valence-corrected chi connectivity index (χ0v) is 11.6. The van der Waals surface area contributed by atoms with Crippen LogP contribution in [0.4, 0.5) is 10.1 Å². The van der Waals surface area contributed by atoms with Crippen molar-refractivity contribution in [3.05, 3.63) is 29.1 Å². The van der Waals surface area contributed by atoms with Crippen molar-refractivity contribution in [1.29, 1.82) is 0 Å². The summed E-state index contributed by atoms with van der Waals surface area (Å²) in [5.74, 6) is 3.21. The fourth-order valence-electron chi connectivity index (χ4n) is 2.29. The van der Waals surface area contributed by atoms with Gasteiger partial charge in [-0.2, -0.15) is 0 Å². The Hall–Kier alpha value is -1.53. The van der Waals surface area contributed by atoms with Gasteiger partial charge in [0, 0.05) is 18.3 Å². The smallest absolute Gasteiger partial charge is 0.126 e. The predicted octanol–water partition coefficient (Wildman–Crippen LogP) is 3.00. The van der Waals surface area contributed by atoms with E-state index < -0.39 is 0 Å². The lowest BCUT2D eigenvalue weighted by molar-refractivity contribution is 0.612. The molecule has 1 saturated carbocycles. The van der Waals surface area contributed by atoms with E-state index in [4.69, 9.17) is 12.2 Å². The van der Waals surface area contributed by atoms with Crippen LogP contribution < -0.4 is 10.6 Å². The molecule has 0 radical (unpaired) electrons. The molecule has 0 bridgehead atoms. The van der Waals surface area contributed by atoms with Crippen molar-refractivity contribution in [2.45, 2.75) is 32.7 Å². The number of aryl methyl sites for hydroxylation is 1. The number of nitrogens with zero attached hydrogens (tertiary/aromatic N) is 1. The highest BCUT2D eigenvalue weighted by Crippen LogP contribution is 2.34. The van der Waals surface area contributed by atoms with Gasteiger partial charge in [-0.3, -0.25) is 0 Å². The van der Waals surface area contributed by atoms with E-state index in [0.717, 1.165) is 23.7 Å². The van der Waals surface area contributed by atoms with Crippen LogP contribution in [0.25, 0.3) is 0 Å². The lowest BCUT2D eigenvalue weighted by atomic mass is 10.0. The molecule has 0 saturated heterocycles. The van der Waals surface area contributed by atoms with Crippen molar-refractivity contribution < 1.29 is 4.39 Å². The van der Waals surface area contributed by atoms with Crippen LogP contribution in [-0.2, 0) is 0 Å². The van der Waals surface area contributed by atoms with Crippen molar-refractivity contribution in [3.63, 3.8) is 0 Å². The quantitative estimate of drug-likeness (QED) is 0.825. The number of halogens is 1. The van der Waals surface area contributed by atoms with E-state index in [1.165, 1.54) is 12.8 Å². The van der Waals surface area contributed by atoms with Gasteiger partial charge in [-0.05, 0) is 55.9 Å². The first kappa shape index (κ1) is 13.9. The summed E-state index contributed by atoms with van der Waals surface area (Å²) in [5.41, 5.74) is 8.42. The first-order chi connectivity index (χ1) is 9.02. The van der Waals surface area contributed by atoms with E-state index >= 15 is 0 Å². The van der Waals surface area contributed by atoms with Gasteiger partial charge in [-0.1, -0.05) is 5.92 Å². The predicted molar refractivity (Wildman–Crippen MR) is 77.5 cm³/mol. The Labute approximate surface area is 114 Å². The lowest BCUT2D eigenvalue weighted by Gasteiger charge is -2.27. The Bertz CT molecular complexity index is 498. The highest BCUT2D eigenvalue weighted by molar-refractivity contribution is 5.58.